The van der Waals surface area contributed by atoms with Crippen LogP contribution in [-0.2, 0) is 11.3 Å². The molecule has 0 unspecified atom stereocenters. The van der Waals surface area contributed by atoms with Gasteiger partial charge in [0.15, 0.2) is 0 Å². The fraction of sp³-hybridized carbons (Fsp3) is 0.417. The Balaban J connectivity index is 2.65. The fourth-order valence-corrected chi connectivity index (χ4v) is 1.42. The summed E-state index contributed by atoms with van der Waals surface area (Å²) in [6.07, 6.45) is 0. The summed E-state index contributed by atoms with van der Waals surface area (Å²) >= 11 is 0. The summed E-state index contributed by atoms with van der Waals surface area (Å²) < 4.78 is 0. The van der Waals surface area contributed by atoms with E-state index in [2.05, 4.69) is 0 Å². The van der Waals surface area contributed by atoms with E-state index in [-0.39, 0.29) is 5.91 Å². The minimum Gasteiger partial charge on any atom is -0.340 e. The van der Waals surface area contributed by atoms with Crippen molar-refractivity contribution in [2.45, 2.75) is 25.9 Å². The molecule has 0 saturated carbocycles. The zero-order chi connectivity index (χ0) is 11.5. The number of nitrogens with zero attached hydrogens (tertiary/aromatic N) is 1. The highest BCUT2D eigenvalue weighted by atomic mass is 16.2. The van der Waals surface area contributed by atoms with Crippen LogP contribution >= 0.6 is 0 Å². The van der Waals surface area contributed by atoms with E-state index in [0.29, 0.717) is 6.54 Å². The van der Waals surface area contributed by atoms with Crippen molar-refractivity contribution in [1.82, 2.24) is 4.90 Å². The largest absolute Gasteiger partial charge is 0.340 e. The van der Waals surface area contributed by atoms with Crippen molar-refractivity contribution in [3.8, 4) is 0 Å². The van der Waals surface area contributed by atoms with Crippen molar-refractivity contribution < 1.29 is 4.79 Å². The number of hydrogen-bond donors (Lipinski definition) is 1. The van der Waals surface area contributed by atoms with E-state index in [1.54, 1.807) is 25.8 Å². The molecular formula is C12H18N2O. The van der Waals surface area contributed by atoms with Gasteiger partial charge in [0.2, 0.25) is 5.91 Å². The summed E-state index contributed by atoms with van der Waals surface area (Å²) in [5.74, 6) is -0.0497. The van der Waals surface area contributed by atoms with Crippen LogP contribution in [0.3, 0.4) is 0 Å². The Morgan fingerprint density at radius 2 is 1.87 bits per heavy atom. The lowest BCUT2D eigenvalue weighted by Crippen LogP contribution is -2.49. The molecule has 0 heterocycles. The van der Waals surface area contributed by atoms with E-state index < -0.39 is 5.54 Å². The quantitative estimate of drug-likeness (QED) is 0.812. The first-order valence-electron chi connectivity index (χ1n) is 4.99. The van der Waals surface area contributed by atoms with Crippen LogP contribution in [-0.4, -0.2) is 23.4 Å². The molecule has 0 saturated heterocycles. The van der Waals surface area contributed by atoms with Crippen molar-refractivity contribution in [3.63, 3.8) is 0 Å². The molecule has 0 aliphatic rings. The number of nitrogens with two attached hydrogens (primary N) is 1. The Labute approximate surface area is 90.9 Å². The summed E-state index contributed by atoms with van der Waals surface area (Å²) in [6, 6.07) is 9.86. The Morgan fingerprint density at radius 3 is 2.33 bits per heavy atom. The number of likely N-dealkylation sites (N-methyl/N-ethyl adjacent to an activating group) is 1. The molecule has 1 rings (SSSR count). The third-order valence-corrected chi connectivity index (χ3v) is 2.16. The van der Waals surface area contributed by atoms with Crippen molar-refractivity contribution in [3.05, 3.63) is 35.9 Å². The topological polar surface area (TPSA) is 46.3 Å². The number of carbonyl (C=O) groups excluding carboxylic acids is 1. The number of amides is 1. The lowest BCUT2D eigenvalue weighted by molar-refractivity contribution is -0.134. The normalized spacial score (nSPS) is 11.2. The van der Waals surface area contributed by atoms with Crippen LogP contribution in [0.2, 0.25) is 0 Å². The van der Waals surface area contributed by atoms with Gasteiger partial charge in [0.25, 0.3) is 0 Å². The fourth-order valence-electron chi connectivity index (χ4n) is 1.42. The third kappa shape index (κ3) is 3.36. The molecule has 15 heavy (non-hydrogen) atoms. The van der Waals surface area contributed by atoms with Gasteiger partial charge in [-0.15, -0.1) is 0 Å². The maximum Gasteiger partial charge on any atom is 0.242 e. The Kier molecular flexibility index (Phi) is 3.48. The van der Waals surface area contributed by atoms with E-state index in [1.165, 1.54) is 0 Å². The molecule has 0 radical (unpaired) electrons. The van der Waals surface area contributed by atoms with Gasteiger partial charge in [-0.25, -0.2) is 0 Å². The summed E-state index contributed by atoms with van der Waals surface area (Å²) in [5.41, 5.74) is 6.05. The summed E-state index contributed by atoms with van der Waals surface area (Å²) in [4.78, 5) is 13.4. The molecule has 3 nitrogen and oxygen atoms in total. The van der Waals surface area contributed by atoms with Crippen molar-refractivity contribution in [1.29, 1.82) is 0 Å². The molecular weight excluding hydrogens is 188 g/mol. The van der Waals surface area contributed by atoms with Gasteiger partial charge in [0, 0.05) is 13.6 Å². The van der Waals surface area contributed by atoms with Gasteiger partial charge in [0.1, 0.15) is 0 Å². The van der Waals surface area contributed by atoms with Crippen LogP contribution < -0.4 is 5.73 Å². The number of carbonyl (C=O) groups is 1. The van der Waals surface area contributed by atoms with Gasteiger partial charge in [0.05, 0.1) is 5.54 Å². The Hall–Kier alpha value is -1.35. The molecule has 0 aliphatic heterocycles. The van der Waals surface area contributed by atoms with Gasteiger partial charge in [-0.3, -0.25) is 4.79 Å². The molecule has 0 aliphatic carbocycles. The molecule has 1 aromatic rings. The van der Waals surface area contributed by atoms with E-state index in [4.69, 9.17) is 5.73 Å². The second-order valence-electron chi connectivity index (χ2n) is 4.37. The van der Waals surface area contributed by atoms with Gasteiger partial charge >= 0.3 is 0 Å². The molecule has 1 amide bonds. The average molecular weight is 206 g/mol. The van der Waals surface area contributed by atoms with Crippen LogP contribution in [0.25, 0.3) is 0 Å². The van der Waals surface area contributed by atoms with E-state index in [0.717, 1.165) is 5.56 Å². The van der Waals surface area contributed by atoms with Gasteiger partial charge in [-0.2, -0.15) is 0 Å². The molecule has 0 aromatic heterocycles. The van der Waals surface area contributed by atoms with Gasteiger partial charge in [-0.05, 0) is 19.4 Å². The highest BCUT2D eigenvalue weighted by Crippen LogP contribution is 2.07. The van der Waals surface area contributed by atoms with Gasteiger partial charge in [-0.1, -0.05) is 30.3 Å². The highest BCUT2D eigenvalue weighted by molar-refractivity contribution is 5.84. The van der Waals surface area contributed by atoms with Crippen molar-refractivity contribution in [2.24, 2.45) is 5.73 Å². The minimum absolute atomic E-state index is 0.0497. The van der Waals surface area contributed by atoms with Crippen LogP contribution in [0, 0.1) is 0 Å². The molecule has 0 fully saturated rings. The number of hydrogen-bond acceptors (Lipinski definition) is 2. The van der Waals surface area contributed by atoms with Crippen LogP contribution in [0.1, 0.15) is 19.4 Å². The molecule has 3 heteroatoms. The van der Waals surface area contributed by atoms with Crippen LogP contribution in [0.4, 0.5) is 0 Å². The average Bonchev–Trinajstić information content (AvgIpc) is 2.16. The molecule has 0 spiro atoms. The van der Waals surface area contributed by atoms with Crippen molar-refractivity contribution >= 4 is 5.91 Å². The molecule has 2 N–H and O–H groups in total. The van der Waals surface area contributed by atoms with Crippen molar-refractivity contribution in [2.75, 3.05) is 7.05 Å². The first-order valence-corrected chi connectivity index (χ1v) is 4.99. The first-order chi connectivity index (χ1) is 6.91. The molecule has 0 atom stereocenters. The molecule has 1 aromatic carbocycles. The first kappa shape index (κ1) is 11.7. The molecule has 0 bridgehead atoms. The predicted octanol–water partition coefficient (Wildman–Crippen LogP) is 1.38. The minimum atomic E-state index is -0.802. The van der Waals surface area contributed by atoms with E-state index >= 15 is 0 Å². The zero-order valence-electron chi connectivity index (χ0n) is 9.53. The maximum absolute atomic E-state index is 11.8. The molecule has 82 valence electrons. The lowest BCUT2D eigenvalue weighted by Gasteiger charge is -2.25. The monoisotopic (exact) mass is 206 g/mol. The summed E-state index contributed by atoms with van der Waals surface area (Å²) in [5, 5.41) is 0. The summed E-state index contributed by atoms with van der Waals surface area (Å²) in [6.45, 7) is 4.04. The second-order valence-corrected chi connectivity index (χ2v) is 4.37. The zero-order valence-corrected chi connectivity index (χ0v) is 9.53. The predicted molar refractivity (Wildman–Crippen MR) is 61.2 cm³/mol. The maximum atomic E-state index is 11.8. The SMILES string of the molecule is CN(Cc1ccccc1)C(=O)C(C)(C)N. The second kappa shape index (κ2) is 4.45. The summed E-state index contributed by atoms with van der Waals surface area (Å²) in [7, 11) is 1.77. The van der Waals surface area contributed by atoms with Crippen LogP contribution in [0.15, 0.2) is 30.3 Å². The smallest absolute Gasteiger partial charge is 0.242 e. The lowest BCUT2D eigenvalue weighted by atomic mass is 10.1. The standard InChI is InChI=1S/C12H18N2O/c1-12(2,13)11(15)14(3)9-10-7-5-4-6-8-10/h4-8H,9,13H2,1-3H3. The third-order valence-electron chi connectivity index (χ3n) is 2.16. The number of rotatable bonds is 3. The Bertz CT molecular complexity index is 327. The van der Waals surface area contributed by atoms with Crippen LogP contribution in [0.5, 0.6) is 0 Å². The highest BCUT2D eigenvalue weighted by Gasteiger charge is 2.25. The van der Waals surface area contributed by atoms with Gasteiger partial charge < -0.3 is 10.6 Å². The number of benzene rings is 1. The van der Waals surface area contributed by atoms with E-state index in [9.17, 15) is 4.79 Å². The Morgan fingerprint density at radius 1 is 1.33 bits per heavy atom. The van der Waals surface area contributed by atoms with E-state index in [1.807, 2.05) is 30.3 Å².